The molecule has 1 aromatic rings. The average Bonchev–Trinajstić information content (AvgIpc) is 2.29. The van der Waals surface area contributed by atoms with Gasteiger partial charge in [-0.2, -0.15) is 10.4 Å². The number of allylic oxidation sites excluding steroid dienone is 1. The van der Waals surface area contributed by atoms with E-state index in [1.807, 2.05) is 12.1 Å². The highest BCUT2D eigenvalue weighted by Crippen LogP contribution is 2.05. The monoisotopic (exact) mass is 200 g/mol. The summed E-state index contributed by atoms with van der Waals surface area (Å²) in [4.78, 5) is 0. The molecule has 0 fully saturated rings. The second-order valence-corrected chi connectivity index (χ2v) is 2.77. The molecule has 0 radical (unpaired) electrons. The highest BCUT2D eigenvalue weighted by molar-refractivity contribution is 6.08. The summed E-state index contributed by atoms with van der Waals surface area (Å²) in [6, 6.07) is 9.20. The molecule has 76 valence electrons. The zero-order valence-corrected chi connectivity index (χ0v) is 8.44. The van der Waals surface area contributed by atoms with Crippen molar-refractivity contribution in [3.05, 3.63) is 47.7 Å². The number of nitrogens with zero attached hydrogens (tertiary/aromatic N) is 2. The minimum absolute atomic E-state index is 0.624. The van der Waals surface area contributed by atoms with Gasteiger partial charge in [-0.25, -0.2) is 0 Å². The third kappa shape index (κ3) is 2.85. The van der Waals surface area contributed by atoms with Gasteiger partial charge in [-0.05, 0) is 24.4 Å². The summed E-state index contributed by atoms with van der Waals surface area (Å²) in [7, 11) is 1.72. The molecule has 0 aliphatic carbocycles. The molecule has 0 aromatic heterocycles. The SMILES string of the molecule is CN/N=C(\C=C\N)c1ccc(C#N)cc1. The van der Waals surface area contributed by atoms with E-state index in [2.05, 4.69) is 16.6 Å². The minimum Gasteiger partial charge on any atom is -0.405 e. The number of nitriles is 1. The molecule has 15 heavy (non-hydrogen) atoms. The van der Waals surface area contributed by atoms with Crippen LogP contribution in [0.15, 0.2) is 41.6 Å². The highest BCUT2D eigenvalue weighted by atomic mass is 15.3. The molecule has 0 atom stereocenters. The van der Waals surface area contributed by atoms with Crippen molar-refractivity contribution in [2.24, 2.45) is 10.8 Å². The molecule has 0 saturated carbocycles. The van der Waals surface area contributed by atoms with E-state index in [0.717, 1.165) is 11.3 Å². The summed E-state index contributed by atoms with van der Waals surface area (Å²) in [5.74, 6) is 0. The van der Waals surface area contributed by atoms with Crippen LogP contribution in [0.1, 0.15) is 11.1 Å². The lowest BCUT2D eigenvalue weighted by molar-refractivity contribution is 0.903. The van der Waals surface area contributed by atoms with Crippen LogP contribution < -0.4 is 11.2 Å². The van der Waals surface area contributed by atoms with Crippen LogP contribution in [-0.4, -0.2) is 12.8 Å². The lowest BCUT2D eigenvalue weighted by Gasteiger charge is -2.01. The second kappa shape index (κ2) is 5.45. The molecule has 0 amide bonds. The molecule has 0 aliphatic heterocycles. The Morgan fingerprint density at radius 2 is 2.13 bits per heavy atom. The summed E-state index contributed by atoms with van der Waals surface area (Å²) < 4.78 is 0. The molecule has 1 rings (SSSR count). The zero-order valence-electron chi connectivity index (χ0n) is 8.44. The first-order chi connectivity index (χ1) is 7.31. The molecular formula is C11H12N4. The predicted octanol–water partition coefficient (Wildman–Crippen LogP) is 0.954. The Balaban J connectivity index is 3.03. The van der Waals surface area contributed by atoms with Crippen molar-refractivity contribution in [1.29, 1.82) is 5.26 Å². The minimum atomic E-state index is 0.624. The van der Waals surface area contributed by atoms with Gasteiger partial charge in [-0.1, -0.05) is 12.1 Å². The number of nitrogens with two attached hydrogens (primary N) is 1. The molecule has 4 heteroatoms. The van der Waals surface area contributed by atoms with Crippen LogP contribution in [0, 0.1) is 11.3 Å². The smallest absolute Gasteiger partial charge is 0.0991 e. The molecule has 0 unspecified atom stereocenters. The van der Waals surface area contributed by atoms with Gasteiger partial charge in [0.05, 0.1) is 17.3 Å². The second-order valence-electron chi connectivity index (χ2n) is 2.77. The zero-order chi connectivity index (χ0) is 11.1. The summed E-state index contributed by atoms with van der Waals surface area (Å²) in [6.07, 6.45) is 3.12. The molecule has 0 saturated heterocycles. The fourth-order valence-electron chi connectivity index (χ4n) is 1.13. The molecular weight excluding hydrogens is 188 g/mol. The number of hydrogen-bond acceptors (Lipinski definition) is 4. The maximum absolute atomic E-state index is 8.65. The first-order valence-electron chi connectivity index (χ1n) is 4.45. The van der Waals surface area contributed by atoms with Gasteiger partial charge < -0.3 is 11.2 Å². The fraction of sp³-hybridized carbons (Fsp3) is 0.0909. The summed E-state index contributed by atoms with van der Waals surface area (Å²) in [5.41, 5.74) is 10.3. The fourth-order valence-corrected chi connectivity index (χ4v) is 1.13. The van der Waals surface area contributed by atoms with Crippen molar-refractivity contribution >= 4 is 5.71 Å². The summed E-state index contributed by atoms with van der Waals surface area (Å²) in [5, 5.41) is 12.7. The number of hydrogen-bond donors (Lipinski definition) is 2. The van der Waals surface area contributed by atoms with Crippen molar-refractivity contribution in [2.45, 2.75) is 0 Å². The van der Waals surface area contributed by atoms with Gasteiger partial charge in [0.1, 0.15) is 0 Å². The van der Waals surface area contributed by atoms with E-state index >= 15 is 0 Å². The Kier molecular flexibility index (Phi) is 3.92. The Bertz CT molecular complexity index is 409. The Morgan fingerprint density at radius 1 is 1.47 bits per heavy atom. The van der Waals surface area contributed by atoms with Crippen molar-refractivity contribution < 1.29 is 0 Å². The van der Waals surface area contributed by atoms with Crippen LogP contribution in [-0.2, 0) is 0 Å². The van der Waals surface area contributed by atoms with E-state index in [1.54, 1.807) is 25.3 Å². The molecule has 1 aromatic carbocycles. The van der Waals surface area contributed by atoms with Gasteiger partial charge in [0, 0.05) is 12.6 Å². The molecule has 0 bridgehead atoms. The predicted molar refractivity (Wildman–Crippen MR) is 60.1 cm³/mol. The molecule has 0 spiro atoms. The lowest BCUT2D eigenvalue weighted by atomic mass is 10.1. The van der Waals surface area contributed by atoms with Crippen LogP contribution in [0.2, 0.25) is 0 Å². The van der Waals surface area contributed by atoms with Crippen LogP contribution in [0.4, 0.5) is 0 Å². The van der Waals surface area contributed by atoms with Gasteiger partial charge in [-0.15, -0.1) is 0 Å². The van der Waals surface area contributed by atoms with Crippen molar-refractivity contribution in [3.8, 4) is 6.07 Å². The normalized spacial score (nSPS) is 11.3. The molecule has 3 N–H and O–H groups in total. The van der Waals surface area contributed by atoms with Crippen molar-refractivity contribution in [1.82, 2.24) is 5.43 Å². The van der Waals surface area contributed by atoms with Gasteiger partial charge in [0.25, 0.3) is 0 Å². The highest BCUT2D eigenvalue weighted by Gasteiger charge is 1.99. The van der Waals surface area contributed by atoms with Crippen LogP contribution in [0.25, 0.3) is 0 Å². The van der Waals surface area contributed by atoms with E-state index in [-0.39, 0.29) is 0 Å². The molecule has 0 aliphatic rings. The summed E-state index contributed by atoms with van der Waals surface area (Å²) in [6.45, 7) is 0. The van der Waals surface area contributed by atoms with Gasteiger partial charge in [-0.3, -0.25) is 0 Å². The first-order valence-corrected chi connectivity index (χ1v) is 4.45. The standard InChI is InChI=1S/C11H12N4/c1-14-15-11(6-7-12)10-4-2-9(8-13)3-5-10/h2-7,14H,12H2,1H3/b7-6+,15-11+. The van der Waals surface area contributed by atoms with E-state index < -0.39 is 0 Å². The number of hydrazone groups is 1. The number of nitrogens with one attached hydrogen (secondary N) is 1. The van der Waals surface area contributed by atoms with Gasteiger partial charge in [0.2, 0.25) is 0 Å². The Morgan fingerprint density at radius 3 is 2.60 bits per heavy atom. The third-order valence-corrected chi connectivity index (χ3v) is 1.80. The Labute approximate surface area is 88.7 Å². The topological polar surface area (TPSA) is 74.2 Å². The Hall–Kier alpha value is -2.28. The van der Waals surface area contributed by atoms with Crippen molar-refractivity contribution in [2.75, 3.05) is 7.05 Å². The van der Waals surface area contributed by atoms with Gasteiger partial charge in [0.15, 0.2) is 0 Å². The number of rotatable bonds is 3. The lowest BCUT2D eigenvalue weighted by Crippen LogP contribution is -2.05. The first kappa shape index (κ1) is 10.8. The quantitative estimate of drug-likeness (QED) is 0.563. The molecule has 0 heterocycles. The largest absolute Gasteiger partial charge is 0.405 e. The van der Waals surface area contributed by atoms with E-state index in [1.165, 1.54) is 6.20 Å². The van der Waals surface area contributed by atoms with Crippen LogP contribution in [0.3, 0.4) is 0 Å². The maximum Gasteiger partial charge on any atom is 0.0991 e. The van der Waals surface area contributed by atoms with Gasteiger partial charge >= 0.3 is 0 Å². The number of benzene rings is 1. The van der Waals surface area contributed by atoms with Crippen molar-refractivity contribution in [3.63, 3.8) is 0 Å². The summed E-state index contributed by atoms with van der Waals surface area (Å²) >= 11 is 0. The third-order valence-electron chi connectivity index (χ3n) is 1.80. The molecule has 4 nitrogen and oxygen atoms in total. The van der Waals surface area contributed by atoms with E-state index in [9.17, 15) is 0 Å². The maximum atomic E-state index is 8.65. The van der Waals surface area contributed by atoms with Crippen LogP contribution >= 0.6 is 0 Å². The average molecular weight is 200 g/mol. The van der Waals surface area contributed by atoms with Crippen LogP contribution in [0.5, 0.6) is 0 Å². The van der Waals surface area contributed by atoms with E-state index in [0.29, 0.717) is 5.56 Å². The van der Waals surface area contributed by atoms with E-state index in [4.69, 9.17) is 11.0 Å².